The summed E-state index contributed by atoms with van der Waals surface area (Å²) in [6.07, 6.45) is 4.01. The van der Waals surface area contributed by atoms with Crippen LogP contribution >= 0.6 is 12.4 Å². The zero-order valence-electron chi connectivity index (χ0n) is 15.7. The molecule has 1 aliphatic rings. The van der Waals surface area contributed by atoms with Gasteiger partial charge in [0.15, 0.2) is 0 Å². The predicted molar refractivity (Wildman–Crippen MR) is 101 cm³/mol. The zero-order valence-corrected chi connectivity index (χ0v) is 16.5. The lowest BCUT2D eigenvalue weighted by molar-refractivity contribution is 0.0598. The van der Waals surface area contributed by atoms with Gasteiger partial charge in [-0.2, -0.15) is 5.10 Å². The van der Waals surface area contributed by atoms with Crippen LogP contribution in [0.4, 0.5) is 0 Å². The summed E-state index contributed by atoms with van der Waals surface area (Å²) in [5.41, 5.74) is 0.770. The summed E-state index contributed by atoms with van der Waals surface area (Å²) in [7, 11) is 3.00. The Hall–Kier alpha value is -2.32. The number of carbonyl (C=O) groups is 2. The van der Waals surface area contributed by atoms with E-state index in [1.165, 1.54) is 12.0 Å². The van der Waals surface area contributed by atoms with Gasteiger partial charge in [0.2, 0.25) is 0 Å². The van der Waals surface area contributed by atoms with Crippen molar-refractivity contribution in [3.05, 3.63) is 41.1 Å². The van der Waals surface area contributed by atoms with Crippen LogP contribution in [0, 0.1) is 6.92 Å². The van der Waals surface area contributed by atoms with Gasteiger partial charge in [-0.05, 0) is 38.4 Å². The van der Waals surface area contributed by atoms with Gasteiger partial charge in [0.05, 0.1) is 19.7 Å². The largest absolute Gasteiger partial charge is 0.465 e. The number of hydrogen-bond donors (Lipinski definition) is 1. The summed E-state index contributed by atoms with van der Waals surface area (Å²) in [4.78, 5) is 25.8. The monoisotopic (exact) mass is 396 g/mol. The molecule has 1 fully saturated rings. The lowest BCUT2D eigenvalue weighted by Crippen LogP contribution is -2.32. The minimum atomic E-state index is -0.452. The number of ether oxygens (including phenoxy) is 1. The molecular formula is C18H25ClN4O4. The fraction of sp³-hybridized carbons (Fsp3) is 0.500. The Morgan fingerprint density at radius 1 is 1.48 bits per heavy atom. The first kappa shape index (κ1) is 21.0. The molecule has 0 saturated carbocycles. The highest BCUT2D eigenvalue weighted by Gasteiger charge is 2.21. The van der Waals surface area contributed by atoms with E-state index in [2.05, 4.69) is 10.4 Å². The normalized spacial score (nSPS) is 16.5. The molecule has 0 bridgehead atoms. The molecule has 148 valence electrons. The highest BCUT2D eigenvalue weighted by atomic mass is 35.5. The van der Waals surface area contributed by atoms with Gasteiger partial charge in [0.1, 0.15) is 22.8 Å². The van der Waals surface area contributed by atoms with Crippen molar-refractivity contribution in [2.75, 3.05) is 27.2 Å². The van der Waals surface area contributed by atoms with Crippen molar-refractivity contribution in [1.82, 2.24) is 20.0 Å². The van der Waals surface area contributed by atoms with E-state index in [1.807, 2.05) is 10.9 Å². The van der Waals surface area contributed by atoms with Crippen molar-refractivity contribution in [2.24, 2.45) is 0 Å². The number of halogens is 1. The SMILES string of the molecule is COC(=O)c1cc(CN(C)C(=O)c2ccn(C3CCCNC3)n2)oc1C.Cl. The first-order valence-corrected chi connectivity index (χ1v) is 8.68. The van der Waals surface area contributed by atoms with Crippen LogP contribution in [0.3, 0.4) is 0 Å². The van der Waals surface area contributed by atoms with Gasteiger partial charge >= 0.3 is 5.97 Å². The Labute approximate surface area is 164 Å². The molecule has 8 nitrogen and oxygen atoms in total. The number of carbonyl (C=O) groups excluding carboxylic acids is 2. The Morgan fingerprint density at radius 3 is 2.93 bits per heavy atom. The number of methoxy groups -OCH3 is 1. The summed E-state index contributed by atoms with van der Waals surface area (Å²) < 4.78 is 12.1. The highest BCUT2D eigenvalue weighted by molar-refractivity contribution is 5.92. The molecule has 1 unspecified atom stereocenters. The number of piperidine rings is 1. The van der Waals surface area contributed by atoms with Crippen LogP contribution in [0.2, 0.25) is 0 Å². The second-order valence-corrected chi connectivity index (χ2v) is 6.52. The van der Waals surface area contributed by atoms with E-state index in [-0.39, 0.29) is 30.9 Å². The summed E-state index contributed by atoms with van der Waals surface area (Å²) in [6, 6.07) is 3.63. The Kier molecular flexibility index (Phi) is 7.04. The quantitative estimate of drug-likeness (QED) is 0.779. The summed E-state index contributed by atoms with van der Waals surface area (Å²) in [5.74, 6) is 0.351. The predicted octanol–water partition coefficient (Wildman–Crippen LogP) is 2.19. The van der Waals surface area contributed by atoms with E-state index in [0.717, 1.165) is 25.9 Å². The lowest BCUT2D eigenvalue weighted by Gasteiger charge is -2.23. The maximum absolute atomic E-state index is 12.6. The minimum Gasteiger partial charge on any atom is -0.465 e. The average molecular weight is 397 g/mol. The van der Waals surface area contributed by atoms with Crippen molar-refractivity contribution in [2.45, 2.75) is 32.4 Å². The van der Waals surface area contributed by atoms with Crippen molar-refractivity contribution >= 4 is 24.3 Å². The molecule has 1 atom stereocenters. The fourth-order valence-electron chi connectivity index (χ4n) is 3.15. The van der Waals surface area contributed by atoms with Gasteiger partial charge in [-0.25, -0.2) is 4.79 Å². The van der Waals surface area contributed by atoms with Gasteiger partial charge in [-0.1, -0.05) is 0 Å². The van der Waals surface area contributed by atoms with Crippen molar-refractivity contribution in [1.29, 1.82) is 0 Å². The molecular weight excluding hydrogens is 372 g/mol. The van der Waals surface area contributed by atoms with Crippen LogP contribution in [0.1, 0.15) is 51.3 Å². The van der Waals surface area contributed by atoms with Crippen molar-refractivity contribution < 1.29 is 18.7 Å². The maximum atomic E-state index is 12.6. The number of esters is 1. The number of rotatable bonds is 5. The molecule has 0 radical (unpaired) electrons. The Morgan fingerprint density at radius 2 is 2.26 bits per heavy atom. The summed E-state index contributed by atoms with van der Waals surface area (Å²) in [6.45, 7) is 3.83. The van der Waals surface area contributed by atoms with Crippen LogP contribution in [0.5, 0.6) is 0 Å². The average Bonchev–Trinajstić information content (AvgIpc) is 3.28. The minimum absolute atomic E-state index is 0. The van der Waals surface area contributed by atoms with E-state index in [1.54, 1.807) is 26.1 Å². The van der Waals surface area contributed by atoms with Gasteiger partial charge in [-0.15, -0.1) is 12.4 Å². The van der Waals surface area contributed by atoms with Gasteiger partial charge in [-0.3, -0.25) is 9.48 Å². The molecule has 2 aromatic heterocycles. The number of nitrogens with one attached hydrogen (secondary N) is 1. The second kappa shape index (κ2) is 9.05. The molecule has 1 saturated heterocycles. The van der Waals surface area contributed by atoms with E-state index < -0.39 is 5.97 Å². The first-order valence-electron chi connectivity index (χ1n) is 8.68. The molecule has 1 amide bonds. The smallest absolute Gasteiger partial charge is 0.341 e. The molecule has 0 spiro atoms. The Bertz CT molecular complexity index is 795. The number of furan rings is 1. The molecule has 1 aliphatic heterocycles. The summed E-state index contributed by atoms with van der Waals surface area (Å²) >= 11 is 0. The standard InChI is InChI=1S/C18H24N4O4.ClH/c1-12-15(18(24)25-3)9-14(26-12)11-21(2)17(23)16-6-8-22(20-16)13-5-4-7-19-10-13;/h6,8-9,13,19H,4-5,7,10-11H2,1-3H3;1H. The van der Waals surface area contributed by atoms with Crippen LogP contribution in [0.25, 0.3) is 0 Å². The zero-order chi connectivity index (χ0) is 18.7. The third-order valence-corrected chi connectivity index (χ3v) is 4.59. The second-order valence-electron chi connectivity index (χ2n) is 6.52. The summed E-state index contributed by atoms with van der Waals surface area (Å²) in [5, 5.41) is 7.78. The highest BCUT2D eigenvalue weighted by Crippen LogP contribution is 2.19. The lowest BCUT2D eigenvalue weighted by atomic mass is 10.1. The van der Waals surface area contributed by atoms with E-state index in [4.69, 9.17) is 9.15 Å². The molecule has 1 N–H and O–H groups in total. The molecule has 2 aromatic rings. The number of hydrogen-bond acceptors (Lipinski definition) is 6. The number of aryl methyl sites for hydroxylation is 1. The van der Waals surface area contributed by atoms with E-state index in [9.17, 15) is 9.59 Å². The Balaban J connectivity index is 0.00000261. The van der Waals surface area contributed by atoms with Crippen LogP contribution in [-0.2, 0) is 11.3 Å². The van der Waals surface area contributed by atoms with Gasteiger partial charge in [0, 0.05) is 19.8 Å². The topological polar surface area (TPSA) is 89.6 Å². The van der Waals surface area contributed by atoms with Crippen LogP contribution in [-0.4, -0.2) is 53.8 Å². The maximum Gasteiger partial charge on any atom is 0.341 e. The van der Waals surface area contributed by atoms with Crippen LogP contribution < -0.4 is 5.32 Å². The molecule has 9 heteroatoms. The third-order valence-electron chi connectivity index (χ3n) is 4.59. The number of nitrogens with zero attached hydrogens (tertiary/aromatic N) is 3. The third kappa shape index (κ3) is 4.70. The molecule has 0 aromatic carbocycles. The van der Waals surface area contributed by atoms with Crippen molar-refractivity contribution in [3.63, 3.8) is 0 Å². The molecule has 3 heterocycles. The first-order chi connectivity index (χ1) is 12.5. The molecule has 3 rings (SSSR count). The van der Waals surface area contributed by atoms with Gasteiger partial charge < -0.3 is 19.4 Å². The van der Waals surface area contributed by atoms with E-state index >= 15 is 0 Å². The molecule has 0 aliphatic carbocycles. The number of aromatic nitrogens is 2. The number of amides is 1. The molecule has 27 heavy (non-hydrogen) atoms. The van der Waals surface area contributed by atoms with Crippen LogP contribution in [0.15, 0.2) is 22.7 Å². The van der Waals surface area contributed by atoms with Gasteiger partial charge in [0.25, 0.3) is 5.91 Å². The van der Waals surface area contributed by atoms with E-state index in [0.29, 0.717) is 22.8 Å². The fourth-order valence-corrected chi connectivity index (χ4v) is 3.15. The van der Waals surface area contributed by atoms with Crippen molar-refractivity contribution in [3.8, 4) is 0 Å².